The van der Waals surface area contributed by atoms with Crippen LogP contribution in [0.15, 0.2) is 28.7 Å². The molecule has 1 aromatic carbocycles. The third-order valence-electron chi connectivity index (χ3n) is 4.85. The number of benzene rings is 1. The second kappa shape index (κ2) is 8.86. The van der Waals surface area contributed by atoms with Crippen molar-refractivity contribution in [1.82, 2.24) is 10.2 Å². The molecule has 2 heterocycles. The number of hydrogen-bond acceptors (Lipinski definition) is 6. The molecule has 0 unspecified atom stereocenters. The van der Waals surface area contributed by atoms with Gasteiger partial charge in [0, 0.05) is 36.6 Å². The molecule has 1 aromatic heterocycles. The summed E-state index contributed by atoms with van der Waals surface area (Å²) in [6.07, 6.45) is 1.27. The topological polar surface area (TPSA) is 81.0 Å². The number of hydrogen-bond donors (Lipinski definition) is 1. The second-order valence-corrected chi connectivity index (χ2v) is 8.32. The van der Waals surface area contributed by atoms with Gasteiger partial charge in [0.25, 0.3) is 0 Å². The molecule has 1 aliphatic heterocycles. The first-order chi connectivity index (χ1) is 13.8. The molecule has 7 heteroatoms. The van der Waals surface area contributed by atoms with Crippen LogP contribution in [0.3, 0.4) is 0 Å². The molecule has 0 radical (unpaired) electrons. The number of nitrogens with zero attached hydrogens (tertiary/aromatic N) is 1. The number of rotatable bonds is 5. The highest BCUT2D eigenvalue weighted by Crippen LogP contribution is 2.28. The van der Waals surface area contributed by atoms with E-state index in [-0.39, 0.29) is 17.9 Å². The van der Waals surface area contributed by atoms with Gasteiger partial charge >= 0.3 is 12.1 Å². The Morgan fingerprint density at radius 1 is 1.21 bits per heavy atom. The monoisotopic (exact) mass is 402 g/mol. The van der Waals surface area contributed by atoms with Crippen molar-refractivity contribution in [3.05, 3.63) is 35.6 Å². The van der Waals surface area contributed by atoms with Gasteiger partial charge in [-0.1, -0.05) is 18.2 Å². The summed E-state index contributed by atoms with van der Waals surface area (Å²) in [7, 11) is 0. The molecule has 2 aromatic rings. The molecule has 7 nitrogen and oxygen atoms in total. The zero-order valence-corrected chi connectivity index (χ0v) is 17.6. The third kappa shape index (κ3) is 5.50. The molecule has 1 aliphatic rings. The number of carbonyl (C=O) groups excluding carboxylic acids is 2. The quantitative estimate of drug-likeness (QED) is 0.759. The van der Waals surface area contributed by atoms with Crippen LogP contribution < -0.4 is 5.32 Å². The minimum atomic E-state index is -0.503. The third-order valence-corrected chi connectivity index (χ3v) is 4.85. The van der Waals surface area contributed by atoms with Crippen molar-refractivity contribution >= 4 is 23.0 Å². The van der Waals surface area contributed by atoms with Gasteiger partial charge in [0.2, 0.25) is 5.76 Å². The zero-order valence-electron chi connectivity index (χ0n) is 17.6. The van der Waals surface area contributed by atoms with Crippen LogP contribution in [-0.4, -0.2) is 48.3 Å². The van der Waals surface area contributed by atoms with Crippen molar-refractivity contribution in [2.24, 2.45) is 0 Å². The van der Waals surface area contributed by atoms with Gasteiger partial charge in [0.1, 0.15) is 11.2 Å². The fraction of sp³-hybridized carbons (Fsp3) is 0.545. The Kier molecular flexibility index (Phi) is 6.47. The van der Waals surface area contributed by atoms with E-state index in [1.165, 1.54) is 0 Å². The number of piperidine rings is 1. The van der Waals surface area contributed by atoms with Crippen molar-refractivity contribution < 1.29 is 23.5 Å². The number of amides is 1. The van der Waals surface area contributed by atoms with Crippen LogP contribution in [0.5, 0.6) is 0 Å². The smallest absolute Gasteiger partial charge is 0.407 e. The van der Waals surface area contributed by atoms with Crippen LogP contribution in [0.25, 0.3) is 11.0 Å². The summed E-state index contributed by atoms with van der Waals surface area (Å²) in [4.78, 5) is 26.6. The first kappa shape index (κ1) is 21.2. The van der Waals surface area contributed by atoms with Crippen LogP contribution in [0.2, 0.25) is 0 Å². The molecule has 1 amide bonds. The highest BCUT2D eigenvalue weighted by Gasteiger charge is 2.27. The van der Waals surface area contributed by atoms with Crippen molar-refractivity contribution in [2.75, 3.05) is 19.7 Å². The van der Waals surface area contributed by atoms with E-state index < -0.39 is 11.6 Å². The van der Waals surface area contributed by atoms with Gasteiger partial charge in [0.05, 0.1) is 6.61 Å². The van der Waals surface area contributed by atoms with E-state index in [1.807, 2.05) is 45.0 Å². The highest BCUT2D eigenvalue weighted by molar-refractivity contribution is 5.96. The van der Waals surface area contributed by atoms with Crippen LogP contribution in [-0.2, 0) is 16.0 Å². The van der Waals surface area contributed by atoms with Gasteiger partial charge in [-0.15, -0.1) is 0 Å². The summed E-state index contributed by atoms with van der Waals surface area (Å²) in [5.74, 6) is -0.151. The predicted molar refractivity (Wildman–Crippen MR) is 110 cm³/mol. The normalized spacial score (nSPS) is 16.0. The first-order valence-electron chi connectivity index (χ1n) is 10.2. The molecule has 29 heavy (non-hydrogen) atoms. The number of esters is 1. The Morgan fingerprint density at radius 2 is 1.90 bits per heavy atom. The molecular weight excluding hydrogens is 372 g/mol. The number of nitrogens with one attached hydrogen (secondary N) is 1. The molecule has 0 saturated carbocycles. The first-order valence-corrected chi connectivity index (χ1v) is 10.2. The summed E-state index contributed by atoms with van der Waals surface area (Å²) in [5, 5.41) is 3.89. The number of carbonyl (C=O) groups is 2. The molecule has 3 rings (SSSR count). The molecule has 0 aliphatic carbocycles. The van der Waals surface area contributed by atoms with Gasteiger partial charge in [-0.2, -0.15) is 0 Å². The summed E-state index contributed by atoms with van der Waals surface area (Å²) < 4.78 is 16.3. The maximum Gasteiger partial charge on any atom is 0.407 e. The molecule has 0 spiro atoms. The lowest BCUT2D eigenvalue weighted by Gasteiger charge is -2.32. The van der Waals surface area contributed by atoms with Crippen LogP contribution in [0, 0.1) is 0 Å². The summed E-state index contributed by atoms with van der Waals surface area (Å²) >= 11 is 0. The molecule has 1 fully saturated rings. The van der Waals surface area contributed by atoms with E-state index in [1.54, 1.807) is 6.92 Å². The number of alkyl carbamates (subject to hydrolysis) is 1. The SMILES string of the molecule is CCOC(=O)c1oc2ccccc2c1CN1CCC(NC(=O)OC(C)(C)C)CC1. The van der Waals surface area contributed by atoms with Crippen molar-refractivity contribution in [3.63, 3.8) is 0 Å². The molecule has 1 saturated heterocycles. The van der Waals surface area contributed by atoms with Crippen LogP contribution >= 0.6 is 0 Å². The summed E-state index contributed by atoms with van der Waals surface area (Å²) in [6.45, 7) is 9.86. The highest BCUT2D eigenvalue weighted by atomic mass is 16.6. The largest absolute Gasteiger partial charge is 0.460 e. The lowest BCUT2D eigenvalue weighted by molar-refractivity contribution is 0.0464. The number of ether oxygens (including phenoxy) is 2. The Morgan fingerprint density at radius 3 is 2.55 bits per heavy atom. The maximum absolute atomic E-state index is 12.4. The fourth-order valence-electron chi connectivity index (χ4n) is 3.55. The van der Waals surface area contributed by atoms with E-state index in [9.17, 15) is 9.59 Å². The second-order valence-electron chi connectivity index (χ2n) is 8.32. The van der Waals surface area contributed by atoms with E-state index in [0.717, 1.165) is 36.9 Å². The molecule has 158 valence electrons. The predicted octanol–water partition coefficient (Wildman–Crippen LogP) is 4.10. The number of likely N-dealkylation sites (tertiary alicyclic amines) is 1. The molecular formula is C22H30N2O5. The van der Waals surface area contributed by atoms with Crippen molar-refractivity contribution in [1.29, 1.82) is 0 Å². The summed E-state index contributed by atoms with van der Waals surface area (Å²) in [6, 6.07) is 7.74. The van der Waals surface area contributed by atoms with Crippen LogP contribution in [0.4, 0.5) is 4.79 Å². The Balaban J connectivity index is 1.64. The van der Waals surface area contributed by atoms with E-state index in [2.05, 4.69) is 10.2 Å². The van der Waals surface area contributed by atoms with E-state index in [4.69, 9.17) is 13.9 Å². The average Bonchev–Trinajstić information content (AvgIpc) is 3.01. The molecule has 1 N–H and O–H groups in total. The zero-order chi connectivity index (χ0) is 21.0. The molecule has 0 atom stereocenters. The lowest BCUT2D eigenvalue weighted by atomic mass is 10.0. The van der Waals surface area contributed by atoms with E-state index in [0.29, 0.717) is 18.7 Å². The van der Waals surface area contributed by atoms with Gasteiger partial charge in [-0.05, 0) is 46.6 Å². The Bertz CT molecular complexity index is 860. The fourth-order valence-corrected chi connectivity index (χ4v) is 3.55. The van der Waals surface area contributed by atoms with Crippen molar-refractivity contribution in [2.45, 2.75) is 58.7 Å². The van der Waals surface area contributed by atoms with E-state index >= 15 is 0 Å². The van der Waals surface area contributed by atoms with Crippen molar-refractivity contribution in [3.8, 4) is 0 Å². The van der Waals surface area contributed by atoms with Gasteiger partial charge < -0.3 is 19.2 Å². The Hall–Kier alpha value is -2.54. The number of fused-ring (bicyclic) bond motifs is 1. The minimum absolute atomic E-state index is 0.0896. The standard InChI is InChI=1S/C22H30N2O5/c1-5-27-20(25)19-17(16-8-6-7-9-18(16)28-19)14-24-12-10-15(11-13-24)23-21(26)29-22(2,3)4/h6-9,15H,5,10-14H2,1-4H3,(H,23,26). The van der Waals surface area contributed by atoms with Gasteiger partial charge in [0.15, 0.2) is 0 Å². The number of para-hydroxylation sites is 1. The maximum atomic E-state index is 12.4. The number of furan rings is 1. The Labute approximate surface area is 171 Å². The van der Waals surface area contributed by atoms with Gasteiger partial charge in [-0.25, -0.2) is 9.59 Å². The van der Waals surface area contributed by atoms with Crippen LogP contribution in [0.1, 0.15) is 56.7 Å². The molecule has 0 bridgehead atoms. The lowest BCUT2D eigenvalue weighted by Crippen LogP contribution is -2.45. The minimum Gasteiger partial charge on any atom is -0.460 e. The summed E-state index contributed by atoms with van der Waals surface area (Å²) in [5.41, 5.74) is 1.04. The average molecular weight is 402 g/mol. The van der Waals surface area contributed by atoms with Gasteiger partial charge in [-0.3, -0.25) is 4.90 Å².